The van der Waals surface area contributed by atoms with Crippen LogP contribution in [-0.4, -0.2) is 13.1 Å². The standard InChI is InChI=1S/C36H29NOSi/c1-39(2,3)31-17-14-25(15-18-31)28-12-13-29-20-30(23-37-34(29)22-28)26-10-8-24(9-11-26)27-16-19-36-33(21-27)32-6-4-5-7-35(32)38-36/h4-23H,1-3H3. The summed E-state index contributed by atoms with van der Waals surface area (Å²) in [6.07, 6.45) is 1.99. The Morgan fingerprint density at radius 3 is 1.85 bits per heavy atom. The van der Waals surface area contributed by atoms with Gasteiger partial charge in [0.1, 0.15) is 11.2 Å². The number of para-hydroxylation sites is 1. The Hall–Kier alpha value is -4.47. The van der Waals surface area contributed by atoms with Gasteiger partial charge in [-0.05, 0) is 58.1 Å². The van der Waals surface area contributed by atoms with Gasteiger partial charge < -0.3 is 4.42 Å². The summed E-state index contributed by atoms with van der Waals surface area (Å²) in [6.45, 7) is 7.15. The molecular weight excluding hydrogens is 490 g/mol. The van der Waals surface area contributed by atoms with Crippen molar-refractivity contribution in [2.75, 3.05) is 0 Å². The van der Waals surface area contributed by atoms with Gasteiger partial charge >= 0.3 is 0 Å². The molecule has 0 radical (unpaired) electrons. The number of rotatable bonds is 4. The number of pyridine rings is 1. The number of nitrogens with zero attached hydrogens (tertiary/aromatic N) is 1. The zero-order valence-corrected chi connectivity index (χ0v) is 23.4. The highest BCUT2D eigenvalue weighted by atomic mass is 28.3. The highest BCUT2D eigenvalue weighted by molar-refractivity contribution is 6.88. The number of benzene rings is 5. The Morgan fingerprint density at radius 2 is 1.10 bits per heavy atom. The molecule has 3 heteroatoms. The van der Waals surface area contributed by atoms with E-state index in [9.17, 15) is 0 Å². The van der Waals surface area contributed by atoms with Crippen LogP contribution in [0.4, 0.5) is 0 Å². The molecule has 0 unspecified atom stereocenters. The molecular formula is C36H29NOSi. The average Bonchev–Trinajstić information content (AvgIpc) is 3.34. The summed E-state index contributed by atoms with van der Waals surface area (Å²) in [7, 11) is -1.30. The first kappa shape index (κ1) is 23.6. The van der Waals surface area contributed by atoms with Crippen molar-refractivity contribution in [3.63, 3.8) is 0 Å². The monoisotopic (exact) mass is 519 g/mol. The molecule has 0 spiro atoms. The number of fused-ring (bicyclic) bond motifs is 4. The lowest BCUT2D eigenvalue weighted by Crippen LogP contribution is -2.37. The van der Waals surface area contributed by atoms with Crippen LogP contribution < -0.4 is 5.19 Å². The summed E-state index contributed by atoms with van der Waals surface area (Å²) in [4.78, 5) is 4.83. The minimum absolute atomic E-state index is 0.922. The van der Waals surface area contributed by atoms with Crippen molar-refractivity contribution in [2.45, 2.75) is 19.6 Å². The Balaban J connectivity index is 1.17. The Kier molecular flexibility index (Phi) is 5.50. The van der Waals surface area contributed by atoms with Crippen LogP contribution in [-0.2, 0) is 0 Å². The first-order chi connectivity index (χ1) is 18.9. The number of furan rings is 1. The van der Waals surface area contributed by atoms with Crippen LogP contribution in [0.15, 0.2) is 126 Å². The van der Waals surface area contributed by atoms with Crippen molar-refractivity contribution in [1.29, 1.82) is 0 Å². The summed E-state index contributed by atoms with van der Waals surface area (Å²) in [5, 5.41) is 4.94. The summed E-state index contributed by atoms with van der Waals surface area (Å²) in [5.74, 6) is 0. The molecule has 0 bridgehead atoms. The second-order valence-corrected chi connectivity index (χ2v) is 16.4. The number of hydrogen-bond acceptors (Lipinski definition) is 2. The maximum atomic E-state index is 6.00. The maximum Gasteiger partial charge on any atom is 0.135 e. The lowest BCUT2D eigenvalue weighted by molar-refractivity contribution is 0.669. The van der Waals surface area contributed by atoms with Crippen molar-refractivity contribution in [1.82, 2.24) is 4.98 Å². The second kappa shape index (κ2) is 9.07. The summed E-state index contributed by atoms with van der Waals surface area (Å²) in [6, 6.07) is 41.3. The van der Waals surface area contributed by atoms with E-state index < -0.39 is 8.07 Å². The molecule has 0 saturated carbocycles. The van der Waals surface area contributed by atoms with E-state index in [4.69, 9.17) is 9.40 Å². The Morgan fingerprint density at radius 1 is 0.513 bits per heavy atom. The first-order valence-electron chi connectivity index (χ1n) is 13.5. The van der Waals surface area contributed by atoms with Crippen LogP contribution in [0.3, 0.4) is 0 Å². The lowest BCUT2D eigenvalue weighted by atomic mass is 9.98. The van der Waals surface area contributed by atoms with Gasteiger partial charge in [-0.25, -0.2) is 0 Å². The number of hydrogen-bond donors (Lipinski definition) is 0. The molecule has 7 rings (SSSR count). The molecule has 0 aliphatic carbocycles. The minimum Gasteiger partial charge on any atom is -0.456 e. The van der Waals surface area contributed by atoms with E-state index in [-0.39, 0.29) is 0 Å². The fourth-order valence-electron chi connectivity index (χ4n) is 5.38. The van der Waals surface area contributed by atoms with Gasteiger partial charge in [0.15, 0.2) is 0 Å². The molecule has 2 heterocycles. The van der Waals surface area contributed by atoms with Gasteiger partial charge in [0, 0.05) is 27.9 Å². The van der Waals surface area contributed by atoms with E-state index >= 15 is 0 Å². The molecule has 0 N–H and O–H groups in total. The predicted molar refractivity (Wildman–Crippen MR) is 168 cm³/mol. The van der Waals surface area contributed by atoms with Crippen LogP contribution in [0.1, 0.15) is 0 Å². The molecule has 0 atom stereocenters. The molecule has 0 fully saturated rings. The number of aromatic nitrogens is 1. The zero-order valence-electron chi connectivity index (χ0n) is 22.4. The second-order valence-electron chi connectivity index (χ2n) is 11.3. The van der Waals surface area contributed by atoms with Crippen molar-refractivity contribution in [3.8, 4) is 33.4 Å². The SMILES string of the molecule is C[Si](C)(C)c1ccc(-c2ccc3cc(-c4ccc(-c5ccc6oc7ccccc7c6c5)cc4)cnc3c2)cc1. The van der Waals surface area contributed by atoms with E-state index in [1.165, 1.54) is 27.4 Å². The van der Waals surface area contributed by atoms with E-state index in [1.54, 1.807) is 0 Å². The van der Waals surface area contributed by atoms with E-state index in [0.717, 1.165) is 44.0 Å². The summed E-state index contributed by atoms with van der Waals surface area (Å²) in [5.41, 5.74) is 9.96. The van der Waals surface area contributed by atoms with Crippen molar-refractivity contribution in [3.05, 3.63) is 121 Å². The first-order valence-corrected chi connectivity index (χ1v) is 17.0. The van der Waals surface area contributed by atoms with Crippen molar-refractivity contribution >= 4 is 46.1 Å². The van der Waals surface area contributed by atoms with E-state index in [2.05, 4.69) is 123 Å². The third kappa shape index (κ3) is 4.35. The highest BCUT2D eigenvalue weighted by Gasteiger charge is 2.16. The normalized spacial score (nSPS) is 12.0. The molecule has 2 nitrogen and oxygen atoms in total. The molecule has 0 aliphatic heterocycles. The highest BCUT2D eigenvalue weighted by Crippen LogP contribution is 2.33. The van der Waals surface area contributed by atoms with Crippen LogP contribution in [0.5, 0.6) is 0 Å². The summed E-state index contributed by atoms with van der Waals surface area (Å²) >= 11 is 0. The van der Waals surface area contributed by atoms with Gasteiger partial charge in [-0.1, -0.05) is 110 Å². The smallest absolute Gasteiger partial charge is 0.135 e. The molecule has 2 aromatic heterocycles. The fourth-order valence-corrected chi connectivity index (χ4v) is 6.55. The minimum atomic E-state index is -1.30. The quantitative estimate of drug-likeness (QED) is 0.216. The van der Waals surface area contributed by atoms with Crippen LogP contribution in [0, 0.1) is 0 Å². The van der Waals surface area contributed by atoms with Gasteiger partial charge in [-0.3, -0.25) is 4.98 Å². The van der Waals surface area contributed by atoms with Crippen LogP contribution in [0.2, 0.25) is 19.6 Å². The topological polar surface area (TPSA) is 26.0 Å². The third-order valence-corrected chi connectivity index (χ3v) is 9.76. The Labute approximate surface area is 229 Å². The van der Waals surface area contributed by atoms with E-state index in [1.807, 2.05) is 18.3 Å². The zero-order chi connectivity index (χ0) is 26.6. The van der Waals surface area contributed by atoms with Crippen LogP contribution in [0.25, 0.3) is 66.2 Å². The van der Waals surface area contributed by atoms with Gasteiger partial charge in [0.25, 0.3) is 0 Å². The average molecular weight is 520 g/mol. The largest absolute Gasteiger partial charge is 0.456 e. The van der Waals surface area contributed by atoms with Crippen molar-refractivity contribution in [2.24, 2.45) is 0 Å². The molecule has 0 saturated heterocycles. The molecule has 5 aromatic carbocycles. The van der Waals surface area contributed by atoms with E-state index in [0.29, 0.717) is 0 Å². The predicted octanol–water partition coefficient (Wildman–Crippen LogP) is 9.68. The fraction of sp³-hybridized carbons (Fsp3) is 0.0833. The van der Waals surface area contributed by atoms with Crippen LogP contribution >= 0.6 is 0 Å². The lowest BCUT2D eigenvalue weighted by Gasteiger charge is -2.16. The van der Waals surface area contributed by atoms with Gasteiger partial charge in [0.05, 0.1) is 13.6 Å². The Bertz CT molecular complexity index is 1980. The van der Waals surface area contributed by atoms with Crippen molar-refractivity contribution < 1.29 is 4.42 Å². The third-order valence-electron chi connectivity index (χ3n) is 7.70. The molecule has 7 aromatic rings. The molecule has 188 valence electrons. The van der Waals surface area contributed by atoms with Gasteiger partial charge in [-0.2, -0.15) is 0 Å². The summed E-state index contributed by atoms with van der Waals surface area (Å²) < 4.78 is 6.00. The van der Waals surface area contributed by atoms with Gasteiger partial charge in [0.2, 0.25) is 0 Å². The maximum absolute atomic E-state index is 6.00. The van der Waals surface area contributed by atoms with Gasteiger partial charge in [-0.15, -0.1) is 0 Å². The molecule has 0 amide bonds. The molecule has 0 aliphatic rings. The molecule has 39 heavy (non-hydrogen) atoms.